The predicted molar refractivity (Wildman–Crippen MR) is 65.2 cm³/mol. The Bertz CT molecular complexity index is 179. The lowest BCUT2D eigenvalue weighted by Gasteiger charge is -2.39. The third-order valence-electron chi connectivity index (χ3n) is 3.77. The Morgan fingerprint density at radius 1 is 1.38 bits per heavy atom. The fourth-order valence-corrected chi connectivity index (χ4v) is 2.65. The third-order valence-corrected chi connectivity index (χ3v) is 3.77. The largest absolute Gasteiger partial charge is 0.374 e. The molecule has 16 heavy (non-hydrogen) atoms. The molecule has 0 aromatic carbocycles. The van der Waals surface area contributed by atoms with Gasteiger partial charge in [-0.25, -0.2) is 0 Å². The first-order valence-corrected chi connectivity index (χ1v) is 6.66. The number of hydrogen-bond acceptors (Lipinski definition) is 2. The lowest BCUT2D eigenvalue weighted by atomic mass is 9.77. The first-order valence-electron chi connectivity index (χ1n) is 6.66. The molecular formula is C13H26FNO. The lowest BCUT2D eigenvalue weighted by Crippen LogP contribution is -2.44. The number of hydrogen-bond donors (Lipinski definition) is 1. The van der Waals surface area contributed by atoms with Crippen LogP contribution in [0.15, 0.2) is 0 Å². The second kappa shape index (κ2) is 7.23. The van der Waals surface area contributed by atoms with Crippen LogP contribution in [0.25, 0.3) is 0 Å². The Hall–Kier alpha value is -0.150. The van der Waals surface area contributed by atoms with Gasteiger partial charge in [0.05, 0.1) is 12.3 Å². The molecular weight excluding hydrogens is 205 g/mol. The topological polar surface area (TPSA) is 35.2 Å². The van der Waals surface area contributed by atoms with Crippen molar-refractivity contribution >= 4 is 0 Å². The molecule has 0 saturated heterocycles. The van der Waals surface area contributed by atoms with Gasteiger partial charge in [0.1, 0.15) is 0 Å². The first kappa shape index (κ1) is 13.9. The van der Waals surface area contributed by atoms with Gasteiger partial charge in [0, 0.05) is 13.2 Å². The minimum Gasteiger partial charge on any atom is -0.374 e. The third kappa shape index (κ3) is 4.02. The maximum atomic E-state index is 12.0. The molecule has 1 fully saturated rings. The van der Waals surface area contributed by atoms with Gasteiger partial charge in [-0.3, -0.25) is 4.39 Å². The molecule has 0 radical (unpaired) electrons. The van der Waals surface area contributed by atoms with Gasteiger partial charge in [-0.15, -0.1) is 0 Å². The highest BCUT2D eigenvalue weighted by Crippen LogP contribution is 2.36. The van der Waals surface area contributed by atoms with Gasteiger partial charge in [-0.05, 0) is 38.0 Å². The number of alkyl halides is 1. The van der Waals surface area contributed by atoms with Crippen LogP contribution in [0, 0.1) is 5.92 Å². The minimum absolute atomic E-state index is 0.139. The maximum Gasteiger partial charge on any atom is 0.0916 e. The molecule has 0 aromatic heterocycles. The highest BCUT2D eigenvalue weighted by Gasteiger charge is 2.34. The van der Waals surface area contributed by atoms with Crippen molar-refractivity contribution in [3.05, 3.63) is 0 Å². The molecule has 0 atom stereocenters. The number of nitrogens with two attached hydrogens (primary N) is 1. The van der Waals surface area contributed by atoms with Crippen LogP contribution in [0.2, 0.25) is 0 Å². The monoisotopic (exact) mass is 231 g/mol. The van der Waals surface area contributed by atoms with Gasteiger partial charge in [0.25, 0.3) is 0 Å². The van der Waals surface area contributed by atoms with E-state index in [2.05, 4.69) is 6.92 Å². The molecule has 2 nitrogen and oxygen atoms in total. The summed E-state index contributed by atoms with van der Waals surface area (Å²) >= 11 is 0. The SMILES string of the molecule is CCCC1CCC(CN)(OCCCF)CC1. The van der Waals surface area contributed by atoms with E-state index in [9.17, 15) is 4.39 Å². The zero-order valence-corrected chi connectivity index (χ0v) is 10.5. The van der Waals surface area contributed by atoms with Crippen LogP contribution in [-0.4, -0.2) is 25.4 Å². The quantitative estimate of drug-likeness (QED) is 0.683. The predicted octanol–water partition coefficient (Wildman–Crippen LogP) is 3.05. The summed E-state index contributed by atoms with van der Waals surface area (Å²) in [6.07, 6.45) is 7.65. The van der Waals surface area contributed by atoms with Crippen LogP contribution in [0.4, 0.5) is 4.39 Å². The number of rotatable bonds is 7. The molecule has 1 aliphatic carbocycles. The molecule has 0 unspecified atom stereocenters. The Morgan fingerprint density at radius 3 is 2.56 bits per heavy atom. The van der Waals surface area contributed by atoms with Crippen LogP contribution in [0.5, 0.6) is 0 Å². The van der Waals surface area contributed by atoms with E-state index in [1.807, 2.05) is 0 Å². The fraction of sp³-hybridized carbons (Fsp3) is 1.00. The molecule has 1 saturated carbocycles. The molecule has 0 heterocycles. The summed E-state index contributed by atoms with van der Waals surface area (Å²) in [4.78, 5) is 0. The molecule has 0 bridgehead atoms. The summed E-state index contributed by atoms with van der Waals surface area (Å²) in [5, 5.41) is 0. The van der Waals surface area contributed by atoms with E-state index in [0.29, 0.717) is 19.6 Å². The summed E-state index contributed by atoms with van der Waals surface area (Å²) in [7, 11) is 0. The Kier molecular flexibility index (Phi) is 6.29. The van der Waals surface area contributed by atoms with Crippen LogP contribution in [0.1, 0.15) is 51.9 Å². The van der Waals surface area contributed by atoms with Crippen molar-refractivity contribution in [3.8, 4) is 0 Å². The van der Waals surface area contributed by atoms with E-state index >= 15 is 0 Å². The van der Waals surface area contributed by atoms with Crippen LogP contribution in [0.3, 0.4) is 0 Å². The smallest absolute Gasteiger partial charge is 0.0916 e. The summed E-state index contributed by atoms with van der Waals surface area (Å²) in [5.74, 6) is 0.856. The highest BCUT2D eigenvalue weighted by atomic mass is 19.1. The fourth-order valence-electron chi connectivity index (χ4n) is 2.65. The molecule has 2 N–H and O–H groups in total. The number of ether oxygens (including phenoxy) is 1. The Morgan fingerprint density at radius 2 is 2.06 bits per heavy atom. The first-order chi connectivity index (χ1) is 7.76. The van der Waals surface area contributed by atoms with Crippen LogP contribution >= 0.6 is 0 Å². The molecule has 0 spiro atoms. The average Bonchev–Trinajstić information content (AvgIpc) is 2.32. The summed E-state index contributed by atoms with van der Waals surface area (Å²) in [5.41, 5.74) is 5.68. The zero-order valence-electron chi connectivity index (χ0n) is 10.5. The second-order valence-electron chi connectivity index (χ2n) is 5.01. The van der Waals surface area contributed by atoms with Gasteiger partial charge >= 0.3 is 0 Å². The van der Waals surface area contributed by atoms with Crippen molar-refractivity contribution in [2.75, 3.05) is 19.8 Å². The van der Waals surface area contributed by atoms with Crippen molar-refractivity contribution in [1.29, 1.82) is 0 Å². The minimum atomic E-state index is -0.293. The second-order valence-corrected chi connectivity index (χ2v) is 5.01. The normalized spacial score (nSPS) is 30.6. The van der Waals surface area contributed by atoms with Crippen LogP contribution < -0.4 is 5.73 Å². The molecule has 0 amide bonds. The molecule has 0 aliphatic heterocycles. The van der Waals surface area contributed by atoms with E-state index in [4.69, 9.17) is 10.5 Å². The van der Waals surface area contributed by atoms with Crippen molar-refractivity contribution in [1.82, 2.24) is 0 Å². The van der Waals surface area contributed by atoms with E-state index in [1.165, 1.54) is 25.7 Å². The molecule has 0 aromatic rings. The standard InChI is InChI=1S/C13H26FNO/c1-2-4-12-5-7-13(11-15,8-6-12)16-10-3-9-14/h12H,2-11,15H2,1H3. The van der Waals surface area contributed by atoms with Crippen molar-refractivity contribution in [2.24, 2.45) is 11.7 Å². The van der Waals surface area contributed by atoms with Crippen LogP contribution in [-0.2, 0) is 4.74 Å². The average molecular weight is 231 g/mol. The lowest BCUT2D eigenvalue weighted by molar-refractivity contribution is -0.0734. The molecule has 1 rings (SSSR count). The molecule has 96 valence electrons. The Labute approximate surface area is 98.7 Å². The van der Waals surface area contributed by atoms with Crippen molar-refractivity contribution in [3.63, 3.8) is 0 Å². The number of halogens is 1. The molecule has 1 aliphatic rings. The van der Waals surface area contributed by atoms with Crippen molar-refractivity contribution < 1.29 is 9.13 Å². The van der Waals surface area contributed by atoms with E-state index in [1.54, 1.807) is 0 Å². The summed E-state index contributed by atoms with van der Waals surface area (Å²) in [6, 6.07) is 0. The van der Waals surface area contributed by atoms with Gasteiger partial charge in [0.15, 0.2) is 0 Å². The summed E-state index contributed by atoms with van der Waals surface area (Å²) < 4.78 is 17.8. The maximum absolute atomic E-state index is 12.0. The van der Waals surface area contributed by atoms with E-state index in [0.717, 1.165) is 18.8 Å². The van der Waals surface area contributed by atoms with E-state index < -0.39 is 0 Å². The van der Waals surface area contributed by atoms with Crippen molar-refractivity contribution in [2.45, 2.75) is 57.5 Å². The zero-order chi connectivity index (χ0) is 11.9. The summed E-state index contributed by atoms with van der Waals surface area (Å²) in [6.45, 7) is 3.05. The van der Waals surface area contributed by atoms with Gasteiger partial charge < -0.3 is 10.5 Å². The molecule has 3 heteroatoms. The van der Waals surface area contributed by atoms with E-state index in [-0.39, 0.29) is 12.3 Å². The van der Waals surface area contributed by atoms with Gasteiger partial charge in [-0.2, -0.15) is 0 Å². The van der Waals surface area contributed by atoms with Gasteiger partial charge in [-0.1, -0.05) is 19.8 Å². The van der Waals surface area contributed by atoms with Gasteiger partial charge in [0.2, 0.25) is 0 Å². The Balaban J connectivity index is 2.32. The highest BCUT2D eigenvalue weighted by molar-refractivity contribution is 4.88.